The lowest BCUT2D eigenvalue weighted by molar-refractivity contribution is -0.123. The van der Waals surface area contributed by atoms with E-state index in [-0.39, 0.29) is 11.7 Å². The highest BCUT2D eigenvalue weighted by molar-refractivity contribution is 7.92. The van der Waals surface area contributed by atoms with E-state index in [0.29, 0.717) is 12.2 Å². The first kappa shape index (κ1) is 22.1. The maximum atomic E-state index is 13.3. The molecule has 2 unspecified atom stereocenters. The third-order valence-corrected chi connectivity index (χ3v) is 6.35. The number of hydrogen-bond acceptors (Lipinski definition) is 4. The molecule has 1 amide bonds. The molecule has 1 heterocycles. The quantitative estimate of drug-likeness (QED) is 0.779. The molecule has 1 aliphatic rings. The van der Waals surface area contributed by atoms with E-state index in [4.69, 9.17) is 4.74 Å². The molecule has 1 N–H and O–H groups in total. The lowest BCUT2D eigenvalue weighted by atomic mass is 9.89. The smallest absolute Gasteiger partial charge is 0.244 e. The number of carbonyl (C=O) groups is 1. The second kappa shape index (κ2) is 7.91. The van der Waals surface area contributed by atoms with Gasteiger partial charge in [-0.3, -0.25) is 9.10 Å². The third-order valence-electron chi connectivity index (χ3n) is 5.11. The Morgan fingerprint density at radius 1 is 1.23 bits per heavy atom. The molecule has 2 atom stereocenters. The Hall–Kier alpha value is -2.61. The Morgan fingerprint density at radius 2 is 1.87 bits per heavy atom. The average Bonchev–Trinajstić information content (AvgIpc) is 2.61. The number of sulfonamides is 1. The number of amides is 1. The van der Waals surface area contributed by atoms with E-state index >= 15 is 0 Å². The van der Waals surface area contributed by atoms with Crippen LogP contribution >= 0.6 is 0 Å². The standard InChI is InChI=1S/C22H27FN2O4S/c1-14-6-11-18-19(13-22(3,4)29-20(18)12-14)24-21(26)15(2)25(30(5,27)28)17-9-7-16(23)8-10-17/h6-12,15,19H,13H2,1-5H3,(H,24,26). The van der Waals surface area contributed by atoms with Crippen molar-refractivity contribution < 1.29 is 22.3 Å². The molecule has 8 heteroatoms. The van der Waals surface area contributed by atoms with Crippen molar-refractivity contribution in [3.05, 3.63) is 59.4 Å². The van der Waals surface area contributed by atoms with Gasteiger partial charge in [-0.25, -0.2) is 12.8 Å². The van der Waals surface area contributed by atoms with Crippen molar-refractivity contribution in [1.29, 1.82) is 0 Å². The summed E-state index contributed by atoms with van der Waals surface area (Å²) in [6.45, 7) is 7.37. The van der Waals surface area contributed by atoms with Crippen molar-refractivity contribution in [1.82, 2.24) is 5.32 Å². The van der Waals surface area contributed by atoms with Crippen molar-refractivity contribution >= 4 is 21.6 Å². The molecule has 0 aromatic heterocycles. The number of nitrogens with zero attached hydrogens (tertiary/aromatic N) is 1. The number of anilines is 1. The first-order valence-electron chi connectivity index (χ1n) is 9.72. The maximum Gasteiger partial charge on any atom is 0.244 e. The van der Waals surface area contributed by atoms with E-state index in [9.17, 15) is 17.6 Å². The molecule has 2 aromatic carbocycles. The Labute approximate surface area is 177 Å². The molecule has 0 radical (unpaired) electrons. The fourth-order valence-electron chi connectivity index (χ4n) is 3.78. The fraction of sp³-hybridized carbons (Fsp3) is 0.409. The number of halogens is 1. The van der Waals surface area contributed by atoms with Crippen LogP contribution in [0.4, 0.5) is 10.1 Å². The van der Waals surface area contributed by atoms with E-state index < -0.39 is 33.4 Å². The van der Waals surface area contributed by atoms with Crippen molar-refractivity contribution in [2.45, 2.75) is 51.8 Å². The Balaban J connectivity index is 1.89. The summed E-state index contributed by atoms with van der Waals surface area (Å²) in [5, 5.41) is 2.98. The minimum absolute atomic E-state index is 0.227. The van der Waals surface area contributed by atoms with Gasteiger partial charge in [0.25, 0.3) is 0 Å². The predicted molar refractivity (Wildman–Crippen MR) is 115 cm³/mol. The van der Waals surface area contributed by atoms with E-state index in [2.05, 4.69) is 5.32 Å². The number of hydrogen-bond donors (Lipinski definition) is 1. The first-order valence-corrected chi connectivity index (χ1v) is 11.6. The van der Waals surface area contributed by atoms with Crippen LogP contribution in [0.15, 0.2) is 42.5 Å². The summed E-state index contributed by atoms with van der Waals surface area (Å²) >= 11 is 0. The molecular weight excluding hydrogens is 407 g/mol. The van der Waals surface area contributed by atoms with E-state index in [1.54, 1.807) is 0 Å². The van der Waals surface area contributed by atoms with Crippen LogP contribution in [-0.2, 0) is 14.8 Å². The second-order valence-corrected chi connectivity index (χ2v) is 10.2. The zero-order chi connectivity index (χ0) is 22.3. The fourth-order valence-corrected chi connectivity index (χ4v) is 4.95. The van der Waals surface area contributed by atoms with Crippen LogP contribution in [-0.4, -0.2) is 32.2 Å². The largest absolute Gasteiger partial charge is 0.487 e. The molecule has 0 saturated heterocycles. The van der Waals surface area contributed by atoms with Crippen molar-refractivity contribution in [3.63, 3.8) is 0 Å². The Morgan fingerprint density at radius 3 is 2.47 bits per heavy atom. The number of rotatable bonds is 5. The van der Waals surface area contributed by atoms with Crippen LogP contribution in [0.25, 0.3) is 0 Å². The normalized spacial score (nSPS) is 18.7. The van der Waals surface area contributed by atoms with E-state index in [0.717, 1.165) is 33.8 Å². The van der Waals surface area contributed by atoms with Crippen LogP contribution < -0.4 is 14.4 Å². The van der Waals surface area contributed by atoms with Crippen LogP contribution in [0.5, 0.6) is 5.75 Å². The third kappa shape index (κ3) is 4.75. The Kier molecular flexibility index (Phi) is 5.82. The van der Waals surface area contributed by atoms with Gasteiger partial charge in [-0.1, -0.05) is 12.1 Å². The number of nitrogens with one attached hydrogen (secondary N) is 1. The summed E-state index contributed by atoms with van der Waals surface area (Å²) in [6, 6.07) is 9.47. The summed E-state index contributed by atoms with van der Waals surface area (Å²) in [5.41, 5.74) is 1.64. The molecule has 0 aliphatic carbocycles. The monoisotopic (exact) mass is 434 g/mol. The highest BCUT2D eigenvalue weighted by Gasteiger charge is 2.37. The minimum atomic E-state index is -3.78. The summed E-state index contributed by atoms with van der Waals surface area (Å²) in [6.07, 6.45) is 1.56. The van der Waals surface area contributed by atoms with Crippen LogP contribution in [0.1, 0.15) is 44.4 Å². The van der Waals surface area contributed by atoms with Gasteiger partial charge in [-0.05, 0) is 63.6 Å². The van der Waals surface area contributed by atoms with Crippen LogP contribution in [0, 0.1) is 12.7 Å². The highest BCUT2D eigenvalue weighted by atomic mass is 32.2. The van der Waals surface area contributed by atoms with Gasteiger partial charge >= 0.3 is 0 Å². The number of ether oxygens (including phenoxy) is 1. The van der Waals surface area contributed by atoms with Crippen molar-refractivity contribution in [2.75, 3.05) is 10.6 Å². The van der Waals surface area contributed by atoms with Gasteiger partial charge in [0.05, 0.1) is 18.0 Å². The molecule has 30 heavy (non-hydrogen) atoms. The SMILES string of the molecule is Cc1ccc2c(c1)OC(C)(C)CC2NC(=O)C(C)N(c1ccc(F)cc1)S(C)(=O)=O. The van der Waals surface area contributed by atoms with Gasteiger partial charge in [-0.15, -0.1) is 0 Å². The number of aryl methyl sites for hydroxylation is 1. The predicted octanol–water partition coefficient (Wildman–Crippen LogP) is 3.71. The van der Waals surface area contributed by atoms with Crippen LogP contribution in [0.3, 0.4) is 0 Å². The molecule has 0 spiro atoms. The maximum absolute atomic E-state index is 13.3. The molecule has 0 fully saturated rings. The van der Waals surface area contributed by atoms with E-state index in [1.165, 1.54) is 19.1 Å². The molecule has 162 valence electrons. The van der Waals surface area contributed by atoms with E-state index in [1.807, 2.05) is 39.0 Å². The Bertz CT molecular complexity index is 1050. The lowest BCUT2D eigenvalue weighted by Gasteiger charge is -2.39. The number of fused-ring (bicyclic) bond motifs is 1. The summed E-state index contributed by atoms with van der Waals surface area (Å²) in [7, 11) is -3.78. The molecule has 0 saturated carbocycles. The van der Waals surface area contributed by atoms with Crippen LogP contribution in [0.2, 0.25) is 0 Å². The van der Waals surface area contributed by atoms with Gasteiger partial charge in [0.15, 0.2) is 0 Å². The average molecular weight is 435 g/mol. The van der Waals surface area contributed by atoms with Crippen molar-refractivity contribution in [2.24, 2.45) is 0 Å². The molecule has 0 bridgehead atoms. The van der Waals surface area contributed by atoms with Gasteiger partial charge in [0.2, 0.25) is 15.9 Å². The highest BCUT2D eigenvalue weighted by Crippen LogP contribution is 2.40. The number of carbonyl (C=O) groups excluding carboxylic acids is 1. The van der Waals surface area contributed by atoms with Gasteiger partial charge in [0, 0.05) is 12.0 Å². The zero-order valence-corrected chi connectivity index (χ0v) is 18.6. The summed E-state index contributed by atoms with van der Waals surface area (Å²) < 4.78 is 45.2. The first-order chi connectivity index (χ1) is 13.9. The lowest BCUT2D eigenvalue weighted by Crippen LogP contribution is -2.50. The zero-order valence-electron chi connectivity index (χ0n) is 17.8. The second-order valence-electron chi connectivity index (χ2n) is 8.38. The van der Waals surface area contributed by atoms with Gasteiger partial charge in [-0.2, -0.15) is 0 Å². The van der Waals surface area contributed by atoms with Crippen molar-refractivity contribution in [3.8, 4) is 5.75 Å². The summed E-state index contributed by atoms with van der Waals surface area (Å²) in [5.74, 6) is -0.220. The topological polar surface area (TPSA) is 75.7 Å². The van der Waals surface area contributed by atoms with Gasteiger partial charge in [0.1, 0.15) is 23.2 Å². The summed E-state index contributed by atoms with van der Waals surface area (Å²) in [4.78, 5) is 13.1. The minimum Gasteiger partial charge on any atom is -0.487 e. The molecule has 1 aliphatic heterocycles. The molecule has 3 rings (SSSR count). The molecule has 6 nitrogen and oxygen atoms in total. The molecule has 2 aromatic rings. The molecular formula is C22H27FN2O4S. The number of benzene rings is 2. The van der Waals surface area contributed by atoms with Gasteiger partial charge < -0.3 is 10.1 Å².